The van der Waals surface area contributed by atoms with Gasteiger partial charge in [0.15, 0.2) is 0 Å². The van der Waals surface area contributed by atoms with Crippen molar-refractivity contribution in [1.82, 2.24) is 0 Å². The van der Waals surface area contributed by atoms with Gasteiger partial charge >= 0.3 is 5.97 Å². The quantitative estimate of drug-likeness (QED) is 0.882. The molecule has 1 atom stereocenters. The minimum Gasteiger partial charge on any atom is -0.496 e. The number of nitrogens with two attached hydrogens (primary N) is 1. The van der Waals surface area contributed by atoms with E-state index in [1.54, 1.807) is 14.0 Å². The van der Waals surface area contributed by atoms with Gasteiger partial charge in [0.1, 0.15) is 11.8 Å². The predicted molar refractivity (Wildman–Crippen MR) is 84.1 cm³/mol. The molecule has 0 heterocycles. The van der Waals surface area contributed by atoms with Crippen molar-refractivity contribution in [3.8, 4) is 16.9 Å². The molecule has 2 N–H and O–H groups in total. The molecule has 0 aliphatic rings. The molecule has 0 unspecified atom stereocenters. The minimum absolute atomic E-state index is 0.375. The van der Waals surface area contributed by atoms with E-state index in [9.17, 15) is 4.79 Å². The standard InChI is InChI=1S/C13H12O.C4H9NO2/c1-14-13-10-6-5-9-12(13)11-7-3-2-4-8-11;1-3(5)4(6)7-2/h2-10H,1H3;3H,5H2,1-2H3/t;3-/m.0/s1. The molecule has 112 valence electrons. The summed E-state index contributed by atoms with van der Waals surface area (Å²) in [4.78, 5) is 10.2. The van der Waals surface area contributed by atoms with Gasteiger partial charge in [-0.05, 0) is 18.6 Å². The first kappa shape index (κ1) is 16.7. The first-order valence-electron chi connectivity index (χ1n) is 6.62. The summed E-state index contributed by atoms with van der Waals surface area (Å²) in [6, 6.07) is 17.8. The van der Waals surface area contributed by atoms with Crippen molar-refractivity contribution >= 4 is 5.97 Å². The number of benzene rings is 2. The molecule has 0 bridgehead atoms. The largest absolute Gasteiger partial charge is 0.496 e. The topological polar surface area (TPSA) is 61.5 Å². The number of rotatable bonds is 3. The number of carbonyl (C=O) groups excluding carboxylic acids is 1. The van der Waals surface area contributed by atoms with E-state index in [0.29, 0.717) is 0 Å². The first-order valence-corrected chi connectivity index (χ1v) is 6.62. The Labute approximate surface area is 125 Å². The average Bonchev–Trinajstić information content (AvgIpc) is 2.55. The first-order chi connectivity index (χ1) is 10.1. The average molecular weight is 287 g/mol. The minimum atomic E-state index is -0.495. The van der Waals surface area contributed by atoms with E-state index < -0.39 is 6.04 Å². The van der Waals surface area contributed by atoms with Crippen LogP contribution in [-0.2, 0) is 9.53 Å². The summed E-state index contributed by atoms with van der Waals surface area (Å²) in [5, 5.41) is 0. The molecule has 0 fully saturated rings. The SMILES string of the molecule is COC(=O)[C@H](C)N.COc1ccccc1-c1ccccc1. The van der Waals surface area contributed by atoms with Gasteiger partial charge in [0.25, 0.3) is 0 Å². The Morgan fingerprint density at radius 2 is 1.57 bits per heavy atom. The molecule has 0 saturated heterocycles. The van der Waals surface area contributed by atoms with Crippen LogP contribution in [0.1, 0.15) is 6.92 Å². The van der Waals surface area contributed by atoms with Crippen molar-refractivity contribution in [1.29, 1.82) is 0 Å². The van der Waals surface area contributed by atoms with Crippen molar-refractivity contribution in [2.24, 2.45) is 5.73 Å². The Morgan fingerprint density at radius 3 is 2.05 bits per heavy atom. The zero-order valence-electron chi connectivity index (χ0n) is 12.6. The lowest BCUT2D eigenvalue weighted by atomic mass is 10.1. The van der Waals surface area contributed by atoms with Crippen LogP contribution < -0.4 is 10.5 Å². The Bertz CT molecular complexity index is 553. The fourth-order valence-corrected chi connectivity index (χ4v) is 1.69. The number of carbonyl (C=O) groups is 1. The van der Waals surface area contributed by atoms with Crippen molar-refractivity contribution in [3.05, 3.63) is 54.6 Å². The van der Waals surface area contributed by atoms with Crippen LogP contribution in [0.5, 0.6) is 5.75 Å². The van der Waals surface area contributed by atoms with E-state index in [1.165, 1.54) is 12.7 Å². The normalized spacial score (nSPS) is 10.9. The zero-order chi connectivity index (χ0) is 15.7. The number of esters is 1. The highest BCUT2D eigenvalue weighted by atomic mass is 16.5. The van der Waals surface area contributed by atoms with Gasteiger partial charge in [-0.3, -0.25) is 4.79 Å². The second-order valence-corrected chi connectivity index (χ2v) is 4.38. The number of para-hydroxylation sites is 1. The zero-order valence-corrected chi connectivity index (χ0v) is 12.6. The van der Waals surface area contributed by atoms with Gasteiger partial charge in [0.05, 0.1) is 14.2 Å². The van der Waals surface area contributed by atoms with E-state index >= 15 is 0 Å². The van der Waals surface area contributed by atoms with Gasteiger partial charge in [0, 0.05) is 5.56 Å². The Balaban J connectivity index is 0.000000270. The second-order valence-electron chi connectivity index (χ2n) is 4.38. The molecule has 21 heavy (non-hydrogen) atoms. The van der Waals surface area contributed by atoms with Crippen LogP contribution in [0.2, 0.25) is 0 Å². The summed E-state index contributed by atoms with van der Waals surface area (Å²) in [5.41, 5.74) is 7.39. The van der Waals surface area contributed by atoms with E-state index in [1.807, 2.05) is 36.4 Å². The Morgan fingerprint density at radius 1 is 1.00 bits per heavy atom. The lowest BCUT2D eigenvalue weighted by Crippen LogP contribution is -2.27. The molecular formula is C17H21NO3. The lowest BCUT2D eigenvalue weighted by Gasteiger charge is -2.07. The predicted octanol–water partition coefficient (Wildman–Crippen LogP) is 2.87. The van der Waals surface area contributed by atoms with Crippen molar-refractivity contribution < 1.29 is 14.3 Å². The third kappa shape index (κ3) is 5.28. The highest BCUT2D eigenvalue weighted by Gasteiger charge is 2.03. The highest BCUT2D eigenvalue weighted by Crippen LogP contribution is 2.28. The number of hydrogen-bond donors (Lipinski definition) is 1. The Hall–Kier alpha value is -2.33. The van der Waals surface area contributed by atoms with Gasteiger partial charge in [-0.25, -0.2) is 0 Å². The van der Waals surface area contributed by atoms with Gasteiger partial charge in [-0.15, -0.1) is 0 Å². The van der Waals surface area contributed by atoms with E-state index in [0.717, 1.165) is 11.3 Å². The maximum Gasteiger partial charge on any atom is 0.322 e. The number of hydrogen-bond acceptors (Lipinski definition) is 4. The monoisotopic (exact) mass is 287 g/mol. The van der Waals surface area contributed by atoms with E-state index in [4.69, 9.17) is 10.5 Å². The summed E-state index contributed by atoms with van der Waals surface area (Å²) >= 11 is 0. The van der Waals surface area contributed by atoms with Crippen molar-refractivity contribution in [3.63, 3.8) is 0 Å². The van der Waals surface area contributed by atoms with Gasteiger partial charge in [0.2, 0.25) is 0 Å². The fraction of sp³-hybridized carbons (Fsp3) is 0.235. The lowest BCUT2D eigenvalue weighted by molar-refractivity contribution is -0.141. The molecule has 0 radical (unpaired) electrons. The van der Waals surface area contributed by atoms with Crippen LogP contribution in [0.25, 0.3) is 11.1 Å². The molecule has 4 heteroatoms. The molecule has 2 aromatic rings. The molecule has 0 aliphatic carbocycles. The van der Waals surface area contributed by atoms with Crippen LogP contribution in [-0.4, -0.2) is 26.2 Å². The van der Waals surface area contributed by atoms with E-state index in [2.05, 4.69) is 22.9 Å². The fourth-order valence-electron chi connectivity index (χ4n) is 1.69. The molecule has 0 aliphatic heterocycles. The summed E-state index contributed by atoms with van der Waals surface area (Å²) in [6.07, 6.45) is 0. The smallest absolute Gasteiger partial charge is 0.322 e. The summed E-state index contributed by atoms with van der Waals surface area (Å²) < 4.78 is 9.55. The number of methoxy groups -OCH3 is 2. The number of ether oxygens (including phenoxy) is 2. The molecule has 0 spiro atoms. The highest BCUT2D eigenvalue weighted by molar-refractivity contribution is 5.74. The van der Waals surface area contributed by atoms with Crippen LogP contribution in [0.4, 0.5) is 0 Å². The van der Waals surface area contributed by atoms with Crippen LogP contribution in [0.15, 0.2) is 54.6 Å². The van der Waals surface area contributed by atoms with Crippen molar-refractivity contribution in [2.75, 3.05) is 14.2 Å². The van der Waals surface area contributed by atoms with Gasteiger partial charge in [-0.2, -0.15) is 0 Å². The molecule has 4 nitrogen and oxygen atoms in total. The van der Waals surface area contributed by atoms with Gasteiger partial charge < -0.3 is 15.2 Å². The molecule has 0 saturated carbocycles. The van der Waals surface area contributed by atoms with Crippen LogP contribution in [0.3, 0.4) is 0 Å². The maximum absolute atomic E-state index is 10.2. The molecule has 0 amide bonds. The summed E-state index contributed by atoms with van der Waals surface area (Å²) in [7, 11) is 3.01. The third-order valence-electron chi connectivity index (χ3n) is 2.76. The van der Waals surface area contributed by atoms with Crippen LogP contribution in [0, 0.1) is 0 Å². The van der Waals surface area contributed by atoms with Gasteiger partial charge in [-0.1, -0.05) is 48.5 Å². The van der Waals surface area contributed by atoms with E-state index in [-0.39, 0.29) is 5.97 Å². The van der Waals surface area contributed by atoms with Crippen molar-refractivity contribution in [2.45, 2.75) is 13.0 Å². The molecule has 0 aromatic heterocycles. The Kier molecular flexibility index (Phi) is 6.98. The summed E-state index contributed by atoms with van der Waals surface area (Å²) in [5.74, 6) is 0.540. The summed E-state index contributed by atoms with van der Waals surface area (Å²) in [6.45, 7) is 1.58. The third-order valence-corrected chi connectivity index (χ3v) is 2.76. The maximum atomic E-state index is 10.2. The second kappa shape index (κ2) is 8.76. The van der Waals surface area contributed by atoms with Crippen LogP contribution >= 0.6 is 0 Å². The molecule has 2 aromatic carbocycles. The molecule has 2 rings (SSSR count). The molecular weight excluding hydrogens is 266 g/mol.